The molecule has 0 aliphatic heterocycles. The minimum absolute atomic E-state index is 0.303. The fraction of sp³-hybridized carbons (Fsp3) is 0.188. The molecule has 0 bridgehead atoms. The van der Waals surface area contributed by atoms with Crippen LogP contribution in [0.5, 0.6) is 0 Å². The van der Waals surface area contributed by atoms with Gasteiger partial charge in [0.25, 0.3) is 0 Å². The molecule has 1 atom stereocenters. The summed E-state index contributed by atoms with van der Waals surface area (Å²) in [6.07, 6.45) is 1.86. The number of nitrogens with one attached hydrogen (secondary N) is 1. The smallest absolute Gasteiger partial charge is 0.109 e. The van der Waals surface area contributed by atoms with Crippen molar-refractivity contribution < 1.29 is 0 Å². The van der Waals surface area contributed by atoms with Crippen LogP contribution in [0, 0.1) is 0 Å². The molecule has 2 nitrogen and oxygen atoms in total. The third kappa shape index (κ3) is 3.15. The number of rotatable bonds is 5. The van der Waals surface area contributed by atoms with E-state index in [2.05, 4.69) is 52.9 Å². The van der Waals surface area contributed by atoms with E-state index >= 15 is 0 Å². The van der Waals surface area contributed by atoms with E-state index in [9.17, 15) is 0 Å². The molecule has 1 aromatic carbocycles. The Bertz CT molecular complexity index is 644. The molecule has 0 radical (unpaired) electrons. The average Bonchev–Trinajstić information content (AvgIpc) is 3.17. The van der Waals surface area contributed by atoms with Gasteiger partial charge in [-0.1, -0.05) is 30.3 Å². The van der Waals surface area contributed by atoms with Gasteiger partial charge in [0.1, 0.15) is 5.01 Å². The molecule has 1 N–H and O–H groups in total. The van der Waals surface area contributed by atoms with Crippen LogP contribution in [0.3, 0.4) is 0 Å². The summed E-state index contributed by atoms with van der Waals surface area (Å²) < 4.78 is 0. The molecule has 3 rings (SSSR count). The molecule has 3 aromatic rings. The summed E-state index contributed by atoms with van der Waals surface area (Å²) in [6.45, 7) is 3.04. The number of hydrogen-bond donors (Lipinski definition) is 1. The van der Waals surface area contributed by atoms with Crippen molar-refractivity contribution >= 4 is 22.7 Å². The predicted octanol–water partition coefficient (Wildman–Crippen LogP) is 4.72. The normalized spacial score (nSPS) is 12.4. The Labute approximate surface area is 127 Å². The van der Waals surface area contributed by atoms with Gasteiger partial charge < -0.3 is 5.32 Å². The highest BCUT2D eigenvalue weighted by Gasteiger charge is 2.08. The maximum absolute atomic E-state index is 4.34. The molecule has 4 heteroatoms. The third-order valence-electron chi connectivity index (χ3n) is 3.17. The molecule has 0 spiro atoms. The van der Waals surface area contributed by atoms with Crippen LogP contribution in [0.4, 0.5) is 0 Å². The second-order valence-electron chi connectivity index (χ2n) is 4.64. The third-order valence-corrected chi connectivity index (χ3v) is 5.06. The first kappa shape index (κ1) is 13.5. The van der Waals surface area contributed by atoms with Gasteiger partial charge in [-0.05, 0) is 29.5 Å². The molecule has 2 heterocycles. The fourth-order valence-electron chi connectivity index (χ4n) is 2.04. The zero-order valence-electron chi connectivity index (χ0n) is 11.2. The summed E-state index contributed by atoms with van der Waals surface area (Å²) in [6, 6.07) is 13.1. The van der Waals surface area contributed by atoms with E-state index in [1.54, 1.807) is 22.7 Å². The highest BCUT2D eigenvalue weighted by atomic mass is 32.1. The average molecular weight is 300 g/mol. The quantitative estimate of drug-likeness (QED) is 0.737. The zero-order valence-corrected chi connectivity index (χ0v) is 12.9. The van der Waals surface area contributed by atoms with Gasteiger partial charge in [0.2, 0.25) is 0 Å². The molecule has 0 aliphatic rings. The topological polar surface area (TPSA) is 24.9 Å². The van der Waals surface area contributed by atoms with Crippen molar-refractivity contribution in [3.05, 3.63) is 63.2 Å². The molecule has 0 amide bonds. The molecule has 20 heavy (non-hydrogen) atoms. The molecule has 0 aliphatic carbocycles. The van der Waals surface area contributed by atoms with E-state index in [1.807, 2.05) is 17.6 Å². The standard InChI is InChI=1S/C16H16N2S2/c1-12(16-17-7-8-19-16)18-10-15-9-14(11-20-15)13-5-3-2-4-6-13/h2-9,11-12,18H,10H2,1H3. The Morgan fingerprint density at radius 3 is 2.75 bits per heavy atom. The van der Waals surface area contributed by atoms with E-state index in [0.717, 1.165) is 11.6 Å². The van der Waals surface area contributed by atoms with Gasteiger partial charge in [0, 0.05) is 23.0 Å². The second-order valence-corrected chi connectivity index (χ2v) is 6.56. The SMILES string of the molecule is CC(NCc1cc(-c2ccccc2)cs1)c1nccs1. The lowest BCUT2D eigenvalue weighted by atomic mass is 10.1. The number of aromatic nitrogens is 1. The van der Waals surface area contributed by atoms with Crippen LogP contribution in [-0.4, -0.2) is 4.98 Å². The van der Waals surface area contributed by atoms with Crippen LogP contribution in [0.25, 0.3) is 11.1 Å². The van der Waals surface area contributed by atoms with Gasteiger partial charge in [0.15, 0.2) is 0 Å². The van der Waals surface area contributed by atoms with Gasteiger partial charge in [-0.15, -0.1) is 22.7 Å². The van der Waals surface area contributed by atoms with Crippen LogP contribution in [0.15, 0.2) is 53.4 Å². The predicted molar refractivity (Wildman–Crippen MR) is 87.1 cm³/mol. The van der Waals surface area contributed by atoms with Gasteiger partial charge in [-0.3, -0.25) is 0 Å². The number of hydrogen-bond acceptors (Lipinski definition) is 4. The molecule has 0 fully saturated rings. The molecule has 0 saturated carbocycles. The van der Waals surface area contributed by atoms with Crippen LogP contribution in [0.1, 0.15) is 22.9 Å². The van der Waals surface area contributed by atoms with Crippen molar-refractivity contribution in [1.82, 2.24) is 10.3 Å². The van der Waals surface area contributed by atoms with Crippen molar-refractivity contribution in [3.63, 3.8) is 0 Å². The van der Waals surface area contributed by atoms with Crippen molar-refractivity contribution in [2.75, 3.05) is 0 Å². The Kier molecular flexibility index (Phi) is 4.25. The maximum Gasteiger partial charge on any atom is 0.109 e. The van der Waals surface area contributed by atoms with E-state index in [4.69, 9.17) is 0 Å². The van der Waals surface area contributed by atoms with Crippen molar-refractivity contribution in [2.45, 2.75) is 19.5 Å². The molecule has 102 valence electrons. The number of thiophene rings is 1. The van der Waals surface area contributed by atoms with Gasteiger partial charge in [-0.2, -0.15) is 0 Å². The molecule has 0 saturated heterocycles. The lowest BCUT2D eigenvalue weighted by molar-refractivity contribution is 0.576. The molecule has 2 aromatic heterocycles. The summed E-state index contributed by atoms with van der Waals surface area (Å²) in [7, 11) is 0. The Morgan fingerprint density at radius 2 is 2.00 bits per heavy atom. The lowest BCUT2D eigenvalue weighted by Gasteiger charge is -2.09. The fourth-order valence-corrected chi connectivity index (χ4v) is 3.56. The summed E-state index contributed by atoms with van der Waals surface area (Å²) in [4.78, 5) is 5.69. The van der Waals surface area contributed by atoms with E-state index in [1.165, 1.54) is 16.0 Å². The van der Waals surface area contributed by atoms with Gasteiger partial charge in [-0.25, -0.2) is 4.98 Å². The lowest BCUT2D eigenvalue weighted by Crippen LogP contribution is -2.17. The summed E-state index contributed by atoms with van der Waals surface area (Å²) in [5.41, 5.74) is 2.58. The molecular weight excluding hydrogens is 284 g/mol. The van der Waals surface area contributed by atoms with Crippen molar-refractivity contribution in [1.29, 1.82) is 0 Å². The van der Waals surface area contributed by atoms with Crippen LogP contribution in [0.2, 0.25) is 0 Å². The first-order chi connectivity index (χ1) is 9.83. The second kappa shape index (κ2) is 6.31. The van der Waals surface area contributed by atoms with Crippen LogP contribution >= 0.6 is 22.7 Å². The molecular formula is C16H16N2S2. The number of nitrogens with zero attached hydrogens (tertiary/aromatic N) is 1. The van der Waals surface area contributed by atoms with Crippen molar-refractivity contribution in [2.24, 2.45) is 0 Å². The van der Waals surface area contributed by atoms with E-state index < -0.39 is 0 Å². The van der Waals surface area contributed by atoms with Crippen LogP contribution < -0.4 is 5.32 Å². The van der Waals surface area contributed by atoms with Crippen molar-refractivity contribution in [3.8, 4) is 11.1 Å². The largest absolute Gasteiger partial charge is 0.303 e. The summed E-state index contributed by atoms with van der Waals surface area (Å²) in [5.74, 6) is 0. The Balaban J connectivity index is 1.63. The maximum atomic E-state index is 4.34. The van der Waals surface area contributed by atoms with E-state index in [0.29, 0.717) is 6.04 Å². The highest BCUT2D eigenvalue weighted by Crippen LogP contribution is 2.26. The Hall–Kier alpha value is -1.49. The summed E-state index contributed by atoms with van der Waals surface area (Å²) in [5, 5.41) is 8.91. The van der Waals surface area contributed by atoms with Gasteiger partial charge >= 0.3 is 0 Å². The number of benzene rings is 1. The minimum atomic E-state index is 0.303. The first-order valence-electron chi connectivity index (χ1n) is 6.58. The summed E-state index contributed by atoms with van der Waals surface area (Å²) >= 11 is 3.50. The first-order valence-corrected chi connectivity index (χ1v) is 8.34. The Morgan fingerprint density at radius 1 is 1.15 bits per heavy atom. The van der Waals surface area contributed by atoms with Crippen LogP contribution in [-0.2, 0) is 6.54 Å². The number of thiazole rings is 1. The van der Waals surface area contributed by atoms with E-state index in [-0.39, 0.29) is 0 Å². The monoisotopic (exact) mass is 300 g/mol. The molecule has 1 unspecified atom stereocenters. The highest BCUT2D eigenvalue weighted by molar-refractivity contribution is 7.10. The van der Waals surface area contributed by atoms with Gasteiger partial charge in [0.05, 0.1) is 6.04 Å². The minimum Gasteiger partial charge on any atom is -0.303 e. The zero-order chi connectivity index (χ0) is 13.8.